The second-order valence-electron chi connectivity index (χ2n) is 7.06. The van der Waals surface area contributed by atoms with Crippen LogP contribution in [0.4, 0.5) is 0 Å². The Morgan fingerprint density at radius 2 is 1.66 bits per heavy atom. The number of hydrogen-bond donors (Lipinski definition) is 1. The number of benzene rings is 3. The molecule has 5 nitrogen and oxygen atoms in total. The lowest BCUT2D eigenvalue weighted by Crippen LogP contribution is -2.34. The monoisotopic (exact) mass is 389 g/mol. The Balaban J connectivity index is 1.57. The first-order chi connectivity index (χ1) is 13.8. The van der Waals surface area contributed by atoms with E-state index < -0.39 is 12.1 Å². The second-order valence-corrected chi connectivity index (χ2v) is 7.06. The molecule has 0 aliphatic rings. The summed E-state index contributed by atoms with van der Waals surface area (Å²) >= 11 is 0. The standard InChI is InChI=1S/C24H23NO4/c1-15-8-9-16(2)21(12-15)23(27)17(3)29-22(26)14-25-24(28)20-11-10-18-6-4-5-7-19(18)13-20/h4-13,17H,14H2,1-3H3,(H,25,28)/t17-/m0/s1. The van der Waals surface area contributed by atoms with Crippen LogP contribution in [0.15, 0.2) is 60.7 Å². The topological polar surface area (TPSA) is 72.5 Å². The van der Waals surface area contributed by atoms with Gasteiger partial charge in [-0.3, -0.25) is 14.4 Å². The van der Waals surface area contributed by atoms with Crippen molar-refractivity contribution in [1.82, 2.24) is 5.32 Å². The Morgan fingerprint density at radius 3 is 2.41 bits per heavy atom. The molecule has 0 saturated carbocycles. The van der Waals surface area contributed by atoms with Crippen molar-refractivity contribution in [3.05, 3.63) is 82.9 Å². The smallest absolute Gasteiger partial charge is 0.326 e. The Labute approximate surface area is 169 Å². The predicted octanol–water partition coefficient (Wildman–Crippen LogP) is 4.00. The van der Waals surface area contributed by atoms with Crippen LogP contribution in [-0.4, -0.2) is 30.3 Å². The summed E-state index contributed by atoms with van der Waals surface area (Å²) in [5.41, 5.74) is 2.77. The fourth-order valence-electron chi connectivity index (χ4n) is 3.10. The van der Waals surface area contributed by atoms with Crippen LogP contribution in [-0.2, 0) is 9.53 Å². The minimum Gasteiger partial charge on any atom is -0.453 e. The van der Waals surface area contributed by atoms with Crippen LogP contribution in [0.25, 0.3) is 10.8 Å². The van der Waals surface area contributed by atoms with Crippen molar-refractivity contribution in [1.29, 1.82) is 0 Å². The van der Waals surface area contributed by atoms with Crippen LogP contribution >= 0.6 is 0 Å². The highest BCUT2D eigenvalue weighted by molar-refractivity contribution is 6.02. The molecule has 3 rings (SSSR count). The number of fused-ring (bicyclic) bond motifs is 1. The molecule has 148 valence electrons. The van der Waals surface area contributed by atoms with Gasteiger partial charge in [-0.1, -0.05) is 48.0 Å². The van der Waals surface area contributed by atoms with E-state index in [-0.39, 0.29) is 18.2 Å². The minimum atomic E-state index is -0.930. The summed E-state index contributed by atoms with van der Waals surface area (Å²) in [6.45, 7) is 4.96. The van der Waals surface area contributed by atoms with Crippen LogP contribution in [0.3, 0.4) is 0 Å². The predicted molar refractivity (Wildman–Crippen MR) is 112 cm³/mol. The summed E-state index contributed by atoms with van der Waals surface area (Å²) in [5, 5.41) is 4.51. The van der Waals surface area contributed by atoms with Gasteiger partial charge in [0.2, 0.25) is 5.78 Å². The van der Waals surface area contributed by atoms with Gasteiger partial charge >= 0.3 is 5.97 Å². The number of Topliss-reactive ketones (excluding diaryl/α,β-unsaturated/α-hetero) is 1. The van der Waals surface area contributed by atoms with Crippen LogP contribution in [0, 0.1) is 13.8 Å². The van der Waals surface area contributed by atoms with E-state index in [0.29, 0.717) is 11.1 Å². The number of esters is 1. The third-order valence-corrected chi connectivity index (χ3v) is 4.74. The number of hydrogen-bond acceptors (Lipinski definition) is 4. The average Bonchev–Trinajstić information content (AvgIpc) is 2.72. The minimum absolute atomic E-state index is 0.264. The van der Waals surface area contributed by atoms with Crippen molar-refractivity contribution in [2.75, 3.05) is 6.54 Å². The maximum Gasteiger partial charge on any atom is 0.326 e. The molecule has 0 saturated heterocycles. The van der Waals surface area contributed by atoms with Gasteiger partial charge in [-0.15, -0.1) is 0 Å². The van der Waals surface area contributed by atoms with Crippen molar-refractivity contribution in [3.63, 3.8) is 0 Å². The molecule has 0 bridgehead atoms. The van der Waals surface area contributed by atoms with E-state index >= 15 is 0 Å². The van der Waals surface area contributed by atoms with Crippen LogP contribution < -0.4 is 5.32 Å². The molecule has 0 fully saturated rings. The normalized spacial score (nSPS) is 11.7. The first-order valence-electron chi connectivity index (χ1n) is 9.43. The van der Waals surface area contributed by atoms with Gasteiger partial charge in [0.05, 0.1) is 0 Å². The summed E-state index contributed by atoms with van der Waals surface area (Å²) in [6.07, 6.45) is -0.930. The van der Waals surface area contributed by atoms with Crippen molar-refractivity contribution < 1.29 is 19.1 Å². The third kappa shape index (κ3) is 4.88. The molecule has 5 heteroatoms. The highest BCUT2D eigenvalue weighted by atomic mass is 16.5. The Kier molecular flexibility index (Phi) is 6.07. The van der Waals surface area contributed by atoms with Crippen molar-refractivity contribution in [2.24, 2.45) is 0 Å². The van der Waals surface area contributed by atoms with E-state index in [1.807, 2.05) is 56.3 Å². The van der Waals surface area contributed by atoms with Crippen molar-refractivity contribution in [2.45, 2.75) is 26.9 Å². The van der Waals surface area contributed by atoms with Gasteiger partial charge in [0.1, 0.15) is 6.54 Å². The molecule has 29 heavy (non-hydrogen) atoms. The summed E-state index contributed by atoms with van der Waals surface area (Å²) in [5.74, 6) is -1.30. The molecule has 0 heterocycles. The molecule has 0 aliphatic heterocycles. The SMILES string of the molecule is Cc1ccc(C)c(C(=O)[C@H](C)OC(=O)CNC(=O)c2ccc3ccccc3c2)c1. The van der Waals surface area contributed by atoms with Crippen LogP contribution in [0.5, 0.6) is 0 Å². The molecule has 1 amide bonds. The highest BCUT2D eigenvalue weighted by Gasteiger charge is 2.21. The molecule has 1 N–H and O–H groups in total. The maximum absolute atomic E-state index is 12.6. The number of rotatable bonds is 6. The van der Waals surface area contributed by atoms with E-state index in [9.17, 15) is 14.4 Å². The molecule has 0 unspecified atom stereocenters. The molecule has 0 aliphatic carbocycles. The summed E-state index contributed by atoms with van der Waals surface area (Å²) in [4.78, 5) is 37.0. The number of amides is 1. The van der Waals surface area contributed by atoms with Crippen molar-refractivity contribution >= 4 is 28.4 Å². The first kappa shape index (κ1) is 20.3. The van der Waals surface area contributed by atoms with Crippen LogP contribution in [0.1, 0.15) is 38.8 Å². The van der Waals surface area contributed by atoms with E-state index in [0.717, 1.165) is 21.9 Å². The zero-order valence-corrected chi connectivity index (χ0v) is 16.7. The average molecular weight is 389 g/mol. The highest BCUT2D eigenvalue weighted by Crippen LogP contribution is 2.16. The zero-order valence-electron chi connectivity index (χ0n) is 16.7. The summed E-state index contributed by atoms with van der Waals surface area (Å²) < 4.78 is 5.21. The maximum atomic E-state index is 12.6. The number of ketones is 1. The summed E-state index contributed by atoms with van der Waals surface area (Å²) in [7, 11) is 0. The second kappa shape index (κ2) is 8.69. The van der Waals surface area contributed by atoms with Crippen LogP contribution in [0.2, 0.25) is 0 Å². The van der Waals surface area contributed by atoms with Gasteiger partial charge < -0.3 is 10.1 Å². The van der Waals surface area contributed by atoms with Gasteiger partial charge in [-0.25, -0.2) is 0 Å². The lowest BCUT2D eigenvalue weighted by atomic mass is 9.99. The van der Waals surface area contributed by atoms with Crippen molar-refractivity contribution in [3.8, 4) is 0 Å². The first-order valence-corrected chi connectivity index (χ1v) is 9.43. The van der Waals surface area contributed by atoms with E-state index in [1.54, 1.807) is 18.2 Å². The molecule has 3 aromatic carbocycles. The lowest BCUT2D eigenvalue weighted by Gasteiger charge is -2.14. The molecule has 0 aromatic heterocycles. The quantitative estimate of drug-likeness (QED) is 0.511. The number of nitrogens with one attached hydrogen (secondary N) is 1. The van der Waals surface area contributed by atoms with Gasteiger partial charge in [0.15, 0.2) is 6.10 Å². The fourth-order valence-corrected chi connectivity index (χ4v) is 3.10. The van der Waals surface area contributed by atoms with Gasteiger partial charge in [-0.2, -0.15) is 0 Å². The third-order valence-electron chi connectivity index (χ3n) is 4.74. The van der Waals surface area contributed by atoms with E-state index in [2.05, 4.69) is 5.32 Å². The van der Waals surface area contributed by atoms with E-state index in [4.69, 9.17) is 4.74 Å². The van der Waals surface area contributed by atoms with Gasteiger partial charge in [0.25, 0.3) is 5.91 Å². The molecular weight excluding hydrogens is 366 g/mol. The molecule has 0 spiro atoms. The number of aryl methyl sites for hydroxylation is 2. The molecule has 0 radical (unpaired) electrons. The summed E-state index contributed by atoms with van der Waals surface area (Å²) in [6, 6.07) is 18.6. The number of carbonyl (C=O) groups is 3. The Hall–Kier alpha value is -3.47. The van der Waals surface area contributed by atoms with Gasteiger partial charge in [-0.05, 0) is 55.3 Å². The van der Waals surface area contributed by atoms with Gasteiger partial charge in [0, 0.05) is 11.1 Å². The largest absolute Gasteiger partial charge is 0.453 e. The Morgan fingerprint density at radius 1 is 0.931 bits per heavy atom. The number of ether oxygens (including phenoxy) is 1. The Bertz CT molecular complexity index is 1090. The fraction of sp³-hybridized carbons (Fsp3) is 0.208. The molecule has 3 aromatic rings. The molecule has 1 atom stereocenters. The lowest BCUT2D eigenvalue weighted by molar-refractivity contribution is -0.145. The zero-order chi connectivity index (χ0) is 21.0. The van der Waals surface area contributed by atoms with E-state index in [1.165, 1.54) is 6.92 Å². The molecular formula is C24H23NO4. The number of carbonyl (C=O) groups excluding carboxylic acids is 3.